The predicted octanol–water partition coefficient (Wildman–Crippen LogP) is 5.48. The number of hydrogen-bond donors (Lipinski definition) is 0. The van der Waals surface area contributed by atoms with Crippen LogP contribution in [0.1, 0.15) is 0 Å². The summed E-state index contributed by atoms with van der Waals surface area (Å²) in [5, 5.41) is 0. The van der Waals surface area contributed by atoms with Crippen molar-refractivity contribution in [2.45, 2.75) is 19.6 Å². The summed E-state index contributed by atoms with van der Waals surface area (Å²) in [6.45, 7) is 0. The van der Waals surface area contributed by atoms with Gasteiger partial charge in [-0.1, -0.05) is 42.5 Å². The summed E-state index contributed by atoms with van der Waals surface area (Å²) in [5.41, 5.74) is 3.38. The minimum Gasteiger partial charge on any atom is -0.264 e. The van der Waals surface area contributed by atoms with Gasteiger partial charge in [0.05, 0.1) is 19.6 Å². The highest BCUT2D eigenvalue weighted by Crippen LogP contribution is 2.29. The summed E-state index contributed by atoms with van der Waals surface area (Å²) in [6, 6.07) is 25.7. The van der Waals surface area contributed by atoms with Crippen molar-refractivity contribution in [2.75, 3.05) is 0 Å². The Morgan fingerprint density at radius 1 is 0.417 bits per heavy atom. The summed E-state index contributed by atoms with van der Waals surface area (Å²) < 4.78 is 53.1. The molecule has 0 N–H and O–H groups in total. The summed E-state index contributed by atoms with van der Waals surface area (Å²) in [4.78, 5) is 8.12. The van der Waals surface area contributed by atoms with Crippen LogP contribution in [0.5, 0.6) is 0 Å². The van der Waals surface area contributed by atoms with Crippen molar-refractivity contribution in [3.05, 3.63) is 122 Å². The smallest absolute Gasteiger partial charge is 0.206 e. The van der Waals surface area contributed by atoms with Crippen LogP contribution in [0.15, 0.2) is 141 Å². The molecule has 0 aliphatic heterocycles. The molecule has 8 heteroatoms. The molecule has 0 aliphatic rings. The van der Waals surface area contributed by atoms with Crippen LogP contribution in [0.3, 0.4) is 0 Å². The Morgan fingerprint density at radius 2 is 0.833 bits per heavy atom. The molecule has 2 heterocycles. The highest BCUT2D eigenvalue weighted by Gasteiger charge is 2.23. The molecule has 0 saturated carbocycles. The maximum atomic E-state index is 13.3. The first-order valence-electron chi connectivity index (χ1n) is 11.0. The van der Waals surface area contributed by atoms with E-state index in [1.807, 2.05) is 12.1 Å². The molecule has 0 amide bonds. The molecule has 3 aromatic carbocycles. The van der Waals surface area contributed by atoms with Gasteiger partial charge in [0, 0.05) is 24.8 Å². The van der Waals surface area contributed by atoms with Gasteiger partial charge in [-0.3, -0.25) is 9.97 Å². The van der Waals surface area contributed by atoms with Gasteiger partial charge in [-0.2, -0.15) is 0 Å². The van der Waals surface area contributed by atoms with Gasteiger partial charge < -0.3 is 0 Å². The van der Waals surface area contributed by atoms with Gasteiger partial charge in [-0.05, 0) is 76.9 Å². The largest absolute Gasteiger partial charge is 0.264 e. The Hall–Kier alpha value is -4.14. The minimum atomic E-state index is -3.93. The molecule has 36 heavy (non-hydrogen) atoms. The van der Waals surface area contributed by atoms with Gasteiger partial charge in [0.1, 0.15) is 0 Å². The monoisotopic (exact) mass is 512 g/mol. The van der Waals surface area contributed by atoms with E-state index in [0.717, 1.165) is 22.3 Å². The number of pyridine rings is 2. The molecule has 178 valence electrons. The summed E-state index contributed by atoms with van der Waals surface area (Å²) in [5.74, 6) is 0. The van der Waals surface area contributed by atoms with Crippen molar-refractivity contribution in [3.8, 4) is 22.3 Å². The fourth-order valence-electron chi connectivity index (χ4n) is 3.80. The van der Waals surface area contributed by atoms with E-state index >= 15 is 0 Å². The zero-order valence-corrected chi connectivity index (χ0v) is 20.5. The SMILES string of the molecule is O=S(=O)(c1ccc(-c2cccnc2)cc1)c1cccc(S(=O)(=O)c2ccc(-c3cccnc3)cc2)c1. The van der Waals surface area contributed by atoms with Crippen LogP contribution in [0, 0.1) is 0 Å². The van der Waals surface area contributed by atoms with Crippen molar-refractivity contribution >= 4 is 19.7 Å². The average molecular weight is 513 g/mol. The molecule has 5 aromatic rings. The minimum absolute atomic E-state index is 0.0745. The van der Waals surface area contributed by atoms with E-state index in [-0.39, 0.29) is 19.6 Å². The van der Waals surface area contributed by atoms with E-state index in [4.69, 9.17) is 0 Å². The second-order valence-electron chi connectivity index (χ2n) is 8.01. The first-order valence-corrected chi connectivity index (χ1v) is 13.9. The van der Waals surface area contributed by atoms with E-state index < -0.39 is 19.7 Å². The van der Waals surface area contributed by atoms with Crippen molar-refractivity contribution in [3.63, 3.8) is 0 Å². The third kappa shape index (κ3) is 4.56. The van der Waals surface area contributed by atoms with Gasteiger partial charge in [0.15, 0.2) is 0 Å². The average Bonchev–Trinajstić information content (AvgIpc) is 2.94. The molecule has 0 spiro atoms. The summed E-state index contributed by atoms with van der Waals surface area (Å²) in [7, 11) is -7.87. The van der Waals surface area contributed by atoms with Crippen LogP contribution >= 0.6 is 0 Å². The molecular weight excluding hydrogens is 492 g/mol. The molecule has 0 bridgehead atoms. The van der Waals surface area contributed by atoms with Gasteiger partial charge >= 0.3 is 0 Å². The quantitative estimate of drug-likeness (QED) is 0.299. The molecule has 0 radical (unpaired) electrons. The Kier molecular flexibility index (Phi) is 6.22. The predicted molar refractivity (Wildman–Crippen MR) is 137 cm³/mol. The Bertz CT molecular complexity index is 1590. The summed E-state index contributed by atoms with van der Waals surface area (Å²) in [6.07, 6.45) is 6.72. The third-order valence-corrected chi connectivity index (χ3v) is 9.28. The van der Waals surface area contributed by atoms with Crippen molar-refractivity contribution in [1.82, 2.24) is 9.97 Å². The lowest BCUT2D eigenvalue weighted by molar-refractivity contribution is 0.594. The Balaban J connectivity index is 1.45. The molecule has 5 rings (SSSR count). The maximum Gasteiger partial charge on any atom is 0.206 e. The van der Waals surface area contributed by atoms with Crippen LogP contribution in [-0.2, 0) is 19.7 Å². The van der Waals surface area contributed by atoms with Crippen LogP contribution < -0.4 is 0 Å². The van der Waals surface area contributed by atoms with Crippen molar-refractivity contribution in [1.29, 1.82) is 0 Å². The van der Waals surface area contributed by atoms with Gasteiger partial charge in [0.25, 0.3) is 0 Å². The van der Waals surface area contributed by atoms with Crippen LogP contribution in [-0.4, -0.2) is 26.8 Å². The van der Waals surface area contributed by atoms with Crippen LogP contribution in [0.2, 0.25) is 0 Å². The Morgan fingerprint density at radius 3 is 1.19 bits per heavy atom. The first-order chi connectivity index (χ1) is 17.4. The molecule has 0 unspecified atom stereocenters. The van der Waals surface area contributed by atoms with Gasteiger partial charge in [-0.15, -0.1) is 0 Å². The van der Waals surface area contributed by atoms with Crippen molar-refractivity contribution in [2.24, 2.45) is 0 Å². The number of benzene rings is 3. The molecule has 0 saturated heterocycles. The lowest BCUT2D eigenvalue weighted by Crippen LogP contribution is -2.06. The van der Waals surface area contributed by atoms with Crippen LogP contribution in [0.25, 0.3) is 22.3 Å². The zero-order valence-electron chi connectivity index (χ0n) is 18.9. The Labute approximate surface area is 209 Å². The number of sulfone groups is 2. The topological polar surface area (TPSA) is 94.1 Å². The van der Waals surface area contributed by atoms with Gasteiger partial charge in [-0.25, -0.2) is 16.8 Å². The standard InChI is InChI=1S/C28H20N2O4S2/c31-35(32,25-12-8-21(9-13-25)23-4-2-16-29-19-23)27-6-1-7-28(18-27)36(33,34)26-14-10-22(11-15-26)24-5-3-17-30-20-24/h1-20H. The molecule has 0 aliphatic carbocycles. The second kappa shape index (κ2) is 9.49. The fourth-order valence-corrected chi connectivity index (χ4v) is 6.49. The molecule has 0 fully saturated rings. The number of aromatic nitrogens is 2. The van der Waals surface area contributed by atoms with E-state index in [1.165, 1.54) is 48.5 Å². The van der Waals surface area contributed by atoms with E-state index in [2.05, 4.69) is 9.97 Å². The van der Waals surface area contributed by atoms with E-state index in [0.29, 0.717) is 0 Å². The number of rotatable bonds is 6. The van der Waals surface area contributed by atoms with E-state index in [9.17, 15) is 16.8 Å². The van der Waals surface area contributed by atoms with Crippen LogP contribution in [0.4, 0.5) is 0 Å². The third-order valence-electron chi connectivity index (χ3n) is 5.75. The maximum absolute atomic E-state index is 13.3. The first kappa shape index (κ1) is 23.6. The van der Waals surface area contributed by atoms with Gasteiger partial charge in [0.2, 0.25) is 19.7 Å². The zero-order chi connectivity index (χ0) is 25.2. The molecule has 6 nitrogen and oxygen atoms in total. The second-order valence-corrected chi connectivity index (χ2v) is 11.9. The molecule has 0 atom stereocenters. The number of hydrogen-bond acceptors (Lipinski definition) is 6. The van der Waals surface area contributed by atoms with E-state index in [1.54, 1.807) is 61.2 Å². The fraction of sp³-hybridized carbons (Fsp3) is 0. The lowest BCUT2D eigenvalue weighted by Gasteiger charge is -2.10. The lowest BCUT2D eigenvalue weighted by atomic mass is 10.1. The highest BCUT2D eigenvalue weighted by atomic mass is 32.2. The highest BCUT2D eigenvalue weighted by molar-refractivity contribution is 7.92. The number of nitrogens with zero attached hydrogens (tertiary/aromatic N) is 2. The molecule has 2 aromatic heterocycles. The normalized spacial score (nSPS) is 11.8. The summed E-state index contributed by atoms with van der Waals surface area (Å²) >= 11 is 0. The molecular formula is C28H20N2O4S2. The van der Waals surface area contributed by atoms with Crippen molar-refractivity contribution < 1.29 is 16.8 Å².